The molecule has 2 aliphatic heterocycles. The zero-order valence-corrected chi connectivity index (χ0v) is 18.1. The van der Waals surface area contributed by atoms with Gasteiger partial charge in [-0.25, -0.2) is 9.98 Å². The number of carbonyl (C=O) groups is 1. The van der Waals surface area contributed by atoms with Gasteiger partial charge in [0.25, 0.3) is 5.91 Å². The van der Waals surface area contributed by atoms with Gasteiger partial charge in [-0.3, -0.25) is 9.69 Å². The highest BCUT2D eigenvalue weighted by molar-refractivity contribution is 7.19. The number of ether oxygens (including phenoxy) is 1. The molecule has 1 fully saturated rings. The number of benzene rings is 1. The molecule has 1 aromatic carbocycles. The molecule has 0 radical (unpaired) electrons. The lowest BCUT2D eigenvalue weighted by atomic mass is 10.2. The molecule has 2 aliphatic rings. The molecule has 0 saturated carbocycles. The molecule has 3 heterocycles. The van der Waals surface area contributed by atoms with E-state index in [1.807, 2.05) is 12.1 Å². The number of morpholine rings is 1. The van der Waals surface area contributed by atoms with Crippen molar-refractivity contribution in [3.8, 4) is 10.6 Å². The van der Waals surface area contributed by atoms with Crippen LogP contribution >= 0.6 is 22.9 Å². The summed E-state index contributed by atoms with van der Waals surface area (Å²) >= 11 is 7.33. The Bertz CT molecular complexity index is 964. The number of halogens is 1. The van der Waals surface area contributed by atoms with Crippen molar-refractivity contribution in [2.45, 2.75) is 19.3 Å². The number of nitrogens with two attached hydrogens (primary N) is 1. The molecule has 1 aromatic heterocycles. The molecule has 30 heavy (non-hydrogen) atoms. The third-order valence-electron chi connectivity index (χ3n) is 4.98. The van der Waals surface area contributed by atoms with Crippen LogP contribution in [0.15, 0.2) is 41.0 Å². The number of rotatable bonds is 5. The normalized spacial score (nSPS) is 19.2. The smallest absolute Gasteiger partial charge is 0.270 e. The lowest BCUT2D eigenvalue weighted by molar-refractivity contribution is 0.0418. The fraction of sp³-hybridized carbons (Fsp3) is 0.381. The number of aromatic nitrogens is 1. The lowest BCUT2D eigenvalue weighted by Crippen LogP contribution is -2.40. The van der Waals surface area contributed by atoms with Crippen molar-refractivity contribution in [3.05, 3.63) is 46.8 Å². The number of hydrogen-bond donors (Lipinski definition) is 2. The molecule has 7 nitrogen and oxygen atoms in total. The predicted octanol–water partition coefficient (Wildman–Crippen LogP) is 3.58. The van der Waals surface area contributed by atoms with E-state index in [2.05, 4.69) is 21.3 Å². The maximum atomic E-state index is 12.0. The Kier molecular flexibility index (Phi) is 6.79. The second-order valence-corrected chi connectivity index (χ2v) is 8.65. The molecule has 4 rings (SSSR count). The van der Waals surface area contributed by atoms with Crippen LogP contribution in [-0.2, 0) is 4.74 Å². The van der Waals surface area contributed by atoms with Crippen LogP contribution in [0, 0.1) is 0 Å². The summed E-state index contributed by atoms with van der Waals surface area (Å²) in [7, 11) is 0. The maximum Gasteiger partial charge on any atom is 0.270 e. The van der Waals surface area contributed by atoms with Gasteiger partial charge >= 0.3 is 0 Å². The number of thiazole rings is 1. The van der Waals surface area contributed by atoms with E-state index in [0.717, 1.165) is 69.2 Å². The third kappa shape index (κ3) is 5.26. The number of nitrogens with one attached hydrogen (secondary N) is 1. The summed E-state index contributed by atoms with van der Waals surface area (Å²) in [5.74, 6) is 0.254. The lowest BCUT2D eigenvalue weighted by Gasteiger charge is -2.27. The quantitative estimate of drug-likeness (QED) is 0.733. The zero-order chi connectivity index (χ0) is 20.9. The van der Waals surface area contributed by atoms with Crippen molar-refractivity contribution < 1.29 is 9.53 Å². The molecule has 0 atom stereocenters. The fourth-order valence-electron chi connectivity index (χ4n) is 3.42. The number of amides is 1. The highest BCUT2D eigenvalue weighted by Crippen LogP contribution is 2.35. The van der Waals surface area contributed by atoms with E-state index in [-0.39, 0.29) is 5.69 Å². The first kappa shape index (κ1) is 21.0. The van der Waals surface area contributed by atoms with Crippen molar-refractivity contribution in [1.82, 2.24) is 15.2 Å². The van der Waals surface area contributed by atoms with Crippen LogP contribution in [0.3, 0.4) is 0 Å². The number of carbonyl (C=O) groups excluding carboxylic acids is 1. The number of amidine groups is 1. The van der Waals surface area contributed by atoms with Crippen molar-refractivity contribution in [2.75, 3.05) is 32.8 Å². The first-order valence-corrected chi connectivity index (χ1v) is 11.2. The molecule has 9 heteroatoms. The minimum atomic E-state index is -0.580. The summed E-state index contributed by atoms with van der Waals surface area (Å²) in [5.41, 5.74) is 7.79. The highest BCUT2D eigenvalue weighted by Gasteiger charge is 2.19. The van der Waals surface area contributed by atoms with Crippen molar-refractivity contribution in [2.24, 2.45) is 10.7 Å². The number of hydrogen-bond acceptors (Lipinski definition) is 6. The van der Waals surface area contributed by atoms with E-state index in [4.69, 9.17) is 27.1 Å². The minimum Gasteiger partial charge on any atom is -0.379 e. The average Bonchev–Trinajstić information content (AvgIpc) is 3.03. The van der Waals surface area contributed by atoms with E-state index >= 15 is 0 Å². The SMILES string of the molecule is NC(=O)c1nc(-c2ccc(Cl)cc2)sc1N=C1CCCC=C(CN2CCOCC2)N1. The van der Waals surface area contributed by atoms with Gasteiger partial charge in [-0.2, -0.15) is 0 Å². The van der Waals surface area contributed by atoms with Crippen molar-refractivity contribution >= 4 is 39.7 Å². The molecule has 0 bridgehead atoms. The fourth-order valence-corrected chi connectivity index (χ4v) is 4.52. The van der Waals surface area contributed by atoms with Gasteiger partial charge in [-0.15, -0.1) is 0 Å². The van der Waals surface area contributed by atoms with Crippen LogP contribution in [0.1, 0.15) is 29.8 Å². The monoisotopic (exact) mass is 445 g/mol. The molecule has 1 saturated heterocycles. The topological polar surface area (TPSA) is 92.8 Å². The van der Waals surface area contributed by atoms with Gasteiger partial charge in [-0.05, 0) is 25.0 Å². The molecule has 0 spiro atoms. The summed E-state index contributed by atoms with van der Waals surface area (Å²) < 4.78 is 5.43. The standard InChI is InChI=1S/C21H24ClN5O2S/c22-15-7-5-14(6-8-15)20-26-18(19(23)28)21(30-20)25-17-4-2-1-3-16(24-17)13-27-9-11-29-12-10-27/h3,5-8H,1-2,4,9-13H2,(H2,23,28)(H,24,25). The minimum absolute atomic E-state index is 0.196. The molecule has 158 valence electrons. The Morgan fingerprint density at radius 1 is 1.30 bits per heavy atom. The van der Waals surface area contributed by atoms with Gasteiger partial charge in [0, 0.05) is 42.3 Å². The van der Waals surface area contributed by atoms with Crippen LogP contribution in [0.5, 0.6) is 0 Å². The summed E-state index contributed by atoms with van der Waals surface area (Å²) in [6.07, 6.45) is 5.02. The van der Waals surface area contributed by atoms with Crippen LogP contribution in [0.4, 0.5) is 5.00 Å². The summed E-state index contributed by atoms with van der Waals surface area (Å²) in [6.45, 7) is 4.23. The van der Waals surface area contributed by atoms with Gasteiger partial charge in [0.15, 0.2) is 10.7 Å². The number of primary amides is 1. The Morgan fingerprint density at radius 2 is 2.07 bits per heavy atom. The van der Waals surface area contributed by atoms with Crippen molar-refractivity contribution in [3.63, 3.8) is 0 Å². The summed E-state index contributed by atoms with van der Waals surface area (Å²) in [4.78, 5) is 23.5. The van der Waals surface area contributed by atoms with Crippen LogP contribution in [-0.4, -0.2) is 54.5 Å². The van der Waals surface area contributed by atoms with Crippen LogP contribution < -0.4 is 11.1 Å². The van der Waals surface area contributed by atoms with Gasteiger partial charge in [0.2, 0.25) is 0 Å². The Labute approximate surface area is 184 Å². The Balaban J connectivity index is 1.57. The molecule has 1 amide bonds. The van der Waals surface area contributed by atoms with Crippen LogP contribution in [0.2, 0.25) is 5.02 Å². The largest absolute Gasteiger partial charge is 0.379 e. The molecule has 0 unspecified atom stereocenters. The number of nitrogens with zero attached hydrogens (tertiary/aromatic N) is 3. The summed E-state index contributed by atoms with van der Waals surface area (Å²) in [5, 5.41) is 5.34. The second-order valence-electron chi connectivity index (χ2n) is 7.24. The molecule has 3 N–H and O–H groups in total. The van der Waals surface area contributed by atoms with E-state index in [1.54, 1.807) is 12.1 Å². The van der Waals surface area contributed by atoms with Gasteiger partial charge < -0.3 is 15.8 Å². The zero-order valence-electron chi connectivity index (χ0n) is 16.6. The third-order valence-corrected chi connectivity index (χ3v) is 6.23. The molecule has 0 aliphatic carbocycles. The highest BCUT2D eigenvalue weighted by atomic mass is 35.5. The average molecular weight is 446 g/mol. The van der Waals surface area contributed by atoms with Gasteiger partial charge in [-0.1, -0.05) is 41.1 Å². The number of aliphatic imine (C=N–C) groups is 1. The van der Waals surface area contributed by atoms with E-state index in [0.29, 0.717) is 15.0 Å². The molecular weight excluding hydrogens is 422 g/mol. The maximum absolute atomic E-state index is 12.0. The van der Waals surface area contributed by atoms with Gasteiger partial charge in [0.1, 0.15) is 10.8 Å². The number of allylic oxidation sites excluding steroid dienone is 1. The first-order chi connectivity index (χ1) is 14.6. The predicted molar refractivity (Wildman–Crippen MR) is 121 cm³/mol. The van der Waals surface area contributed by atoms with E-state index in [9.17, 15) is 4.79 Å². The summed E-state index contributed by atoms with van der Waals surface area (Å²) in [6, 6.07) is 7.33. The second kappa shape index (κ2) is 9.70. The Hall–Kier alpha value is -2.26. The van der Waals surface area contributed by atoms with Crippen molar-refractivity contribution in [1.29, 1.82) is 0 Å². The Morgan fingerprint density at radius 3 is 2.80 bits per heavy atom. The molecule has 2 aromatic rings. The van der Waals surface area contributed by atoms with E-state index < -0.39 is 5.91 Å². The van der Waals surface area contributed by atoms with E-state index in [1.165, 1.54) is 11.3 Å². The van der Waals surface area contributed by atoms with Crippen LogP contribution in [0.25, 0.3) is 10.6 Å². The van der Waals surface area contributed by atoms with Gasteiger partial charge in [0.05, 0.1) is 13.2 Å². The molecular formula is C21H24ClN5O2S. The first-order valence-electron chi connectivity index (χ1n) is 9.99.